The van der Waals surface area contributed by atoms with Crippen molar-refractivity contribution in [1.29, 1.82) is 0 Å². The van der Waals surface area contributed by atoms with Gasteiger partial charge in [0, 0.05) is 0 Å². The van der Waals surface area contributed by atoms with Gasteiger partial charge in [0.25, 0.3) is 0 Å². The van der Waals surface area contributed by atoms with Crippen molar-refractivity contribution in [1.82, 2.24) is 0 Å². The molecule has 0 aliphatic heterocycles. The van der Waals surface area contributed by atoms with Crippen molar-refractivity contribution in [2.45, 2.75) is 179 Å². The minimum absolute atomic E-state index is 0.0441. The molecular formula is C58H81Cl2SiZr. The van der Waals surface area contributed by atoms with Gasteiger partial charge in [0.2, 0.25) is 0 Å². The van der Waals surface area contributed by atoms with Gasteiger partial charge in [0.05, 0.1) is 0 Å². The quantitative estimate of drug-likeness (QED) is 0.104. The van der Waals surface area contributed by atoms with Crippen LogP contribution in [0.3, 0.4) is 0 Å². The second-order valence-electron chi connectivity index (χ2n) is 21.9. The second-order valence-corrected chi connectivity index (χ2v) is 64.4. The molecule has 0 aromatic heterocycles. The summed E-state index contributed by atoms with van der Waals surface area (Å²) in [6.07, 6.45) is 7.37. The van der Waals surface area contributed by atoms with Gasteiger partial charge in [-0.3, -0.25) is 0 Å². The maximum atomic E-state index is 9.21. The van der Waals surface area contributed by atoms with Gasteiger partial charge in [-0.05, 0) is 0 Å². The fraction of sp³-hybridized carbons (Fsp3) is 0.517. The molecule has 0 amide bonds. The monoisotopic (exact) mass is 965 g/mol. The number of hydrogen-bond acceptors (Lipinski definition) is 0. The SMILES string of the molecule is CCC(C)C1=Cc2c(ccc(C(C)C)c2-c2cc(C(C)C)cc(C(C)C)c2)[CH]1[Zr]([Cl])([Cl])([CH]1C(C(C)CC)=Cc2c1ccc(C(C)C)c2-c1cc(C(C)C)cc(C(C)C)c1)[SiH](C)C. The molecule has 335 valence electrons. The number of halogens is 2. The van der Waals surface area contributed by atoms with E-state index in [4.69, 9.17) is 0 Å². The molecule has 4 atom stereocenters. The van der Waals surface area contributed by atoms with Crippen LogP contribution in [0.4, 0.5) is 0 Å². The van der Waals surface area contributed by atoms with Crippen LogP contribution in [0, 0.1) is 11.8 Å². The normalized spacial score (nSPS) is 18.3. The summed E-state index contributed by atoms with van der Waals surface area (Å²) < 4.78 is 0.0882. The summed E-state index contributed by atoms with van der Waals surface area (Å²) in [7, 11) is 18.4. The first-order valence-electron chi connectivity index (χ1n) is 24.6. The number of benzene rings is 4. The first-order valence-corrected chi connectivity index (χ1v) is 40.9. The molecule has 4 heteroatoms. The van der Waals surface area contributed by atoms with Crippen LogP contribution in [0.2, 0.25) is 13.1 Å². The van der Waals surface area contributed by atoms with Crippen LogP contribution in [0.15, 0.2) is 71.8 Å². The minimum atomic E-state index is -5.16. The number of allylic oxidation sites excluding steroid dienone is 2. The molecule has 2 aliphatic carbocycles. The van der Waals surface area contributed by atoms with Crippen LogP contribution in [0.25, 0.3) is 34.4 Å². The van der Waals surface area contributed by atoms with Crippen molar-refractivity contribution in [2.75, 3.05) is 0 Å². The predicted octanol–water partition coefficient (Wildman–Crippen LogP) is 19.4. The molecule has 4 unspecified atom stereocenters. The van der Waals surface area contributed by atoms with E-state index in [0.29, 0.717) is 47.3 Å². The van der Waals surface area contributed by atoms with Gasteiger partial charge in [0.15, 0.2) is 0 Å². The van der Waals surface area contributed by atoms with Crippen molar-refractivity contribution >= 4 is 35.1 Å². The summed E-state index contributed by atoms with van der Waals surface area (Å²) in [6.45, 7) is 42.8. The van der Waals surface area contributed by atoms with Crippen LogP contribution in [0.5, 0.6) is 0 Å². The Morgan fingerprint density at radius 1 is 0.468 bits per heavy atom. The van der Waals surface area contributed by atoms with Crippen molar-refractivity contribution in [3.63, 3.8) is 0 Å². The zero-order chi connectivity index (χ0) is 45.9. The maximum absolute atomic E-state index is 9.21. The van der Waals surface area contributed by atoms with E-state index in [0.717, 1.165) is 12.8 Å². The van der Waals surface area contributed by atoms with Gasteiger partial charge in [-0.15, -0.1) is 0 Å². The summed E-state index contributed by atoms with van der Waals surface area (Å²) in [6, 6.07) is 24.8. The number of rotatable bonds is 15. The molecule has 0 heterocycles. The molecule has 4 aromatic rings. The summed E-state index contributed by atoms with van der Waals surface area (Å²) in [4.78, 5) is 0. The van der Waals surface area contributed by atoms with E-state index in [1.54, 1.807) is 0 Å². The summed E-state index contributed by atoms with van der Waals surface area (Å²) in [5.74, 6) is 1.42. The molecule has 4 aromatic carbocycles. The van der Waals surface area contributed by atoms with Gasteiger partial charge in [-0.25, -0.2) is 0 Å². The van der Waals surface area contributed by atoms with Crippen LogP contribution in [-0.4, -0.2) is 5.92 Å². The third kappa shape index (κ3) is 8.62. The van der Waals surface area contributed by atoms with E-state index in [2.05, 4.69) is 197 Å². The Morgan fingerprint density at radius 2 is 0.774 bits per heavy atom. The summed E-state index contributed by atoms with van der Waals surface area (Å²) >= 11 is -5.16. The molecule has 0 nitrogen and oxygen atoms in total. The molecule has 0 N–H and O–H groups in total. The standard InChI is InChI=1S/2C28H37.C2H7Si.2ClH.Zr/c2*1-9-20(8)24-12-21-10-11-26(19(6)7)28(27(21)16-24)25-14-22(17(2)3)13-23(15-25)18(4)5;1-3-2;;;/h2*10-20H,9H2,1-8H3;3H,1-2H3;2*1H;/q;;;;;+2/p-2. The molecular weight excluding hydrogens is 887 g/mol. The average Bonchev–Trinajstić information content (AvgIpc) is 3.83. The zero-order valence-corrected chi connectivity index (χ0v) is 47.1. The Labute approximate surface area is 388 Å². The molecule has 62 heavy (non-hydrogen) atoms. The van der Waals surface area contributed by atoms with Gasteiger partial charge in [-0.2, -0.15) is 0 Å². The molecule has 0 radical (unpaired) electrons. The zero-order valence-electron chi connectivity index (χ0n) is 41.9. The van der Waals surface area contributed by atoms with Crippen molar-refractivity contribution in [3.8, 4) is 22.3 Å². The molecule has 0 spiro atoms. The Kier molecular flexibility index (Phi) is 14.9. The van der Waals surface area contributed by atoms with Gasteiger partial charge in [-0.1, -0.05) is 0 Å². The van der Waals surface area contributed by atoms with E-state index in [1.807, 2.05) is 0 Å². The Morgan fingerprint density at radius 3 is 1.02 bits per heavy atom. The van der Waals surface area contributed by atoms with E-state index in [-0.39, 0.29) is 7.25 Å². The van der Waals surface area contributed by atoms with Gasteiger partial charge >= 0.3 is 392 Å². The fourth-order valence-corrected chi connectivity index (χ4v) is 42.2. The predicted molar refractivity (Wildman–Crippen MR) is 279 cm³/mol. The average molecular weight is 969 g/mol. The van der Waals surface area contributed by atoms with Crippen LogP contribution >= 0.6 is 17.0 Å². The van der Waals surface area contributed by atoms with E-state index >= 15 is 0 Å². The topological polar surface area (TPSA) is 0 Å². The number of hydrogen-bond donors (Lipinski definition) is 0. The molecule has 0 saturated heterocycles. The number of fused-ring (bicyclic) bond motifs is 2. The molecule has 6 rings (SSSR count). The third-order valence-corrected chi connectivity index (χ3v) is 67.2. The fourth-order valence-electron chi connectivity index (χ4n) is 10.9. The molecule has 0 bridgehead atoms. The molecule has 0 fully saturated rings. The molecule has 0 saturated carbocycles. The second kappa shape index (κ2) is 18.7. The van der Waals surface area contributed by atoms with E-state index < -0.39 is 21.5 Å². The Hall–Kier alpha value is -1.96. The third-order valence-electron chi connectivity index (χ3n) is 15.5. The van der Waals surface area contributed by atoms with Crippen LogP contribution < -0.4 is 0 Å². The first-order chi connectivity index (χ1) is 29.0. The van der Waals surface area contributed by atoms with Crippen molar-refractivity contribution in [3.05, 3.63) is 127 Å². The molecule has 2 aliphatic rings. The van der Waals surface area contributed by atoms with Gasteiger partial charge in [0.1, 0.15) is 0 Å². The first kappa shape index (κ1) is 49.5. The van der Waals surface area contributed by atoms with Crippen molar-refractivity contribution < 1.29 is 15.6 Å². The van der Waals surface area contributed by atoms with Crippen molar-refractivity contribution in [2.24, 2.45) is 11.8 Å². The Bertz CT molecular complexity index is 2160. The van der Waals surface area contributed by atoms with E-state index in [1.165, 1.54) is 89.0 Å². The van der Waals surface area contributed by atoms with E-state index in [9.17, 15) is 17.0 Å². The van der Waals surface area contributed by atoms with Crippen LogP contribution in [-0.2, 0) is 15.6 Å². The summed E-state index contributed by atoms with van der Waals surface area (Å²) in [5, 5.41) is 0. The van der Waals surface area contributed by atoms with Crippen LogP contribution in [0.1, 0.15) is 222 Å². The van der Waals surface area contributed by atoms with Gasteiger partial charge < -0.3 is 0 Å². The Balaban J connectivity index is 1.73. The summed E-state index contributed by atoms with van der Waals surface area (Å²) in [5.41, 5.74) is 22.6.